The maximum atomic E-state index is 11.9. The Morgan fingerprint density at radius 1 is 1.18 bits per heavy atom. The van der Waals surface area contributed by atoms with Gasteiger partial charge in [0.1, 0.15) is 0 Å². The van der Waals surface area contributed by atoms with Gasteiger partial charge >= 0.3 is 11.8 Å². The zero-order valence-corrected chi connectivity index (χ0v) is 13.6. The summed E-state index contributed by atoms with van der Waals surface area (Å²) in [6.07, 6.45) is -0.713. The van der Waals surface area contributed by atoms with Crippen LogP contribution in [0, 0.1) is 0 Å². The smallest absolute Gasteiger partial charge is 0.313 e. The Bertz CT molecular complexity index is 515. The molecule has 0 bridgehead atoms. The molecule has 0 saturated carbocycles. The van der Waals surface area contributed by atoms with Gasteiger partial charge in [-0.1, -0.05) is 32.0 Å². The second kappa shape index (κ2) is 8.51. The van der Waals surface area contributed by atoms with Crippen molar-refractivity contribution in [2.75, 3.05) is 32.5 Å². The van der Waals surface area contributed by atoms with E-state index in [0.29, 0.717) is 12.2 Å². The molecule has 6 heteroatoms. The van der Waals surface area contributed by atoms with Crippen LogP contribution in [0.5, 0.6) is 0 Å². The molecule has 22 heavy (non-hydrogen) atoms. The number of anilines is 1. The van der Waals surface area contributed by atoms with Crippen LogP contribution in [-0.2, 0) is 9.59 Å². The standard InChI is InChI=1S/C16H25N3O3/c1-11(2)13-7-5-6-8-14(13)18-16(22)15(21)17-9-12(20)10-19(3)4/h5-8,11-12,20H,9-10H2,1-4H3,(H,17,21)(H,18,22). The molecular weight excluding hydrogens is 282 g/mol. The molecule has 1 aromatic carbocycles. The zero-order valence-electron chi connectivity index (χ0n) is 13.6. The summed E-state index contributed by atoms with van der Waals surface area (Å²) in [5, 5.41) is 14.7. The summed E-state index contributed by atoms with van der Waals surface area (Å²) >= 11 is 0. The first-order chi connectivity index (χ1) is 10.3. The van der Waals surface area contributed by atoms with Gasteiger partial charge in [-0.25, -0.2) is 0 Å². The molecule has 3 N–H and O–H groups in total. The van der Waals surface area contributed by atoms with Crippen molar-refractivity contribution >= 4 is 17.5 Å². The van der Waals surface area contributed by atoms with Crippen LogP contribution in [0.1, 0.15) is 25.3 Å². The summed E-state index contributed by atoms with van der Waals surface area (Å²) in [7, 11) is 3.64. The SMILES string of the molecule is CC(C)c1ccccc1NC(=O)C(=O)NCC(O)CN(C)C. The Kier molecular flexibility index (Phi) is 7.01. The van der Waals surface area contributed by atoms with Crippen molar-refractivity contribution in [1.82, 2.24) is 10.2 Å². The van der Waals surface area contributed by atoms with Crippen molar-refractivity contribution in [2.45, 2.75) is 25.9 Å². The first-order valence-electron chi connectivity index (χ1n) is 7.32. The number of hydrogen-bond donors (Lipinski definition) is 3. The fourth-order valence-electron chi connectivity index (χ4n) is 2.07. The molecule has 0 aromatic heterocycles. The van der Waals surface area contributed by atoms with Crippen LogP contribution in [-0.4, -0.2) is 55.1 Å². The molecule has 1 unspecified atom stereocenters. The van der Waals surface area contributed by atoms with E-state index in [4.69, 9.17) is 0 Å². The number of aliphatic hydroxyl groups is 1. The average molecular weight is 307 g/mol. The predicted octanol–water partition coefficient (Wildman–Crippen LogP) is 0.787. The van der Waals surface area contributed by atoms with E-state index in [0.717, 1.165) is 5.56 Å². The summed E-state index contributed by atoms with van der Waals surface area (Å²) in [5.41, 5.74) is 1.60. The molecule has 1 rings (SSSR count). The highest BCUT2D eigenvalue weighted by Crippen LogP contribution is 2.23. The van der Waals surface area contributed by atoms with E-state index in [1.54, 1.807) is 17.0 Å². The van der Waals surface area contributed by atoms with Crippen LogP contribution in [0.2, 0.25) is 0 Å². The largest absolute Gasteiger partial charge is 0.390 e. The highest BCUT2D eigenvalue weighted by Gasteiger charge is 2.17. The molecule has 2 amide bonds. The Morgan fingerprint density at radius 2 is 1.82 bits per heavy atom. The first kappa shape index (κ1) is 18.1. The third kappa shape index (κ3) is 5.83. The highest BCUT2D eigenvalue weighted by molar-refractivity contribution is 6.39. The lowest BCUT2D eigenvalue weighted by Gasteiger charge is -2.16. The molecule has 0 fully saturated rings. The van der Waals surface area contributed by atoms with Gasteiger partial charge in [-0.2, -0.15) is 0 Å². The fourth-order valence-corrected chi connectivity index (χ4v) is 2.07. The third-order valence-electron chi connectivity index (χ3n) is 3.11. The van der Waals surface area contributed by atoms with E-state index in [-0.39, 0.29) is 12.5 Å². The van der Waals surface area contributed by atoms with Gasteiger partial charge < -0.3 is 20.6 Å². The van der Waals surface area contributed by atoms with Crippen LogP contribution < -0.4 is 10.6 Å². The molecule has 0 saturated heterocycles. The van der Waals surface area contributed by atoms with Crippen molar-refractivity contribution in [3.8, 4) is 0 Å². The topological polar surface area (TPSA) is 81.7 Å². The van der Waals surface area contributed by atoms with Crippen molar-refractivity contribution in [2.24, 2.45) is 0 Å². The van der Waals surface area contributed by atoms with E-state index in [1.165, 1.54) is 0 Å². The van der Waals surface area contributed by atoms with Crippen LogP contribution >= 0.6 is 0 Å². The minimum Gasteiger partial charge on any atom is -0.390 e. The first-order valence-corrected chi connectivity index (χ1v) is 7.32. The zero-order chi connectivity index (χ0) is 16.7. The van der Waals surface area contributed by atoms with Crippen LogP contribution in [0.15, 0.2) is 24.3 Å². The number of carbonyl (C=O) groups excluding carboxylic acids is 2. The monoisotopic (exact) mass is 307 g/mol. The van der Waals surface area contributed by atoms with Gasteiger partial charge in [0.25, 0.3) is 0 Å². The lowest BCUT2D eigenvalue weighted by molar-refractivity contribution is -0.136. The molecular formula is C16H25N3O3. The number of benzene rings is 1. The van der Waals surface area contributed by atoms with Gasteiger partial charge in [-0.15, -0.1) is 0 Å². The molecule has 0 aliphatic carbocycles. The second-order valence-corrected chi connectivity index (χ2v) is 5.82. The van der Waals surface area contributed by atoms with Crippen LogP contribution in [0.4, 0.5) is 5.69 Å². The number of para-hydroxylation sites is 1. The van der Waals surface area contributed by atoms with Crippen molar-refractivity contribution < 1.29 is 14.7 Å². The van der Waals surface area contributed by atoms with Crippen LogP contribution in [0.25, 0.3) is 0 Å². The lowest BCUT2D eigenvalue weighted by Crippen LogP contribution is -2.42. The number of hydrogen-bond acceptors (Lipinski definition) is 4. The van der Waals surface area contributed by atoms with Crippen molar-refractivity contribution in [3.05, 3.63) is 29.8 Å². The molecule has 0 radical (unpaired) electrons. The quantitative estimate of drug-likeness (QED) is 0.679. The van der Waals surface area contributed by atoms with Crippen LogP contribution in [0.3, 0.4) is 0 Å². The Morgan fingerprint density at radius 3 is 2.41 bits per heavy atom. The van der Waals surface area contributed by atoms with Crippen molar-refractivity contribution in [1.29, 1.82) is 0 Å². The molecule has 0 spiro atoms. The normalized spacial score (nSPS) is 12.3. The maximum Gasteiger partial charge on any atom is 0.313 e. The summed E-state index contributed by atoms with van der Waals surface area (Å²) < 4.78 is 0. The van der Waals surface area contributed by atoms with Gasteiger partial charge in [-0.3, -0.25) is 9.59 Å². The molecule has 0 heterocycles. The summed E-state index contributed by atoms with van der Waals surface area (Å²) in [4.78, 5) is 25.5. The van der Waals surface area contributed by atoms with Crippen molar-refractivity contribution in [3.63, 3.8) is 0 Å². The molecule has 0 aliphatic rings. The van der Waals surface area contributed by atoms with E-state index < -0.39 is 17.9 Å². The summed E-state index contributed by atoms with van der Waals surface area (Å²) in [5.74, 6) is -1.25. The number of nitrogens with zero attached hydrogens (tertiary/aromatic N) is 1. The van der Waals surface area contributed by atoms with Gasteiger partial charge in [0.15, 0.2) is 0 Å². The number of nitrogens with one attached hydrogen (secondary N) is 2. The minimum absolute atomic E-state index is 0.0380. The van der Waals surface area contributed by atoms with Gasteiger partial charge in [0.05, 0.1) is 6.10 Å². The van der Waals surface area contributed by atoms with E-state index in [9.17, 15) is 14.7 Å². The number of amides is 2. The van der Waals surface area contributed by atoms with E-state index >= 15 is 0 Å². The second-order valence-electron chi connectivity index (χ2n) is 5.82. The molecule has 1 aromatic rings. The predicted molar refractivity (Wildman–Crippen MR) is 86.7 cm³/mol. The van der Waals surface area contributed by atoms with Gasteiger partial charge in [-0.05, 0) is 31.6 Å². The molecule has 122 valence electrons. The molecule has 0 aliphatic heterocycles. The number of carbonyl (C=O) groups is 2. The molecule has 6 nitrogen and oxygen atoms in total. The molecule has 1 atom stereocenters. The van der Waals surface area contributed by atoms with Gasteiger partial charge in [0, 0.05) is 18.8 Å². The Hall–Kier alpha value is -1.92. The fraction of sp³-hybridized carbons (Fsp3) is 0.500. The third-order valence-corrected chi connectivity index (χ3v) is 3.11. The number of likely N-dealkylation sites (N-methyl/N-ethyl adjacent to an activating group) is 1. The number of aliphatic hydroxyl groups excluding tert-OH is 1. The van der Waals surface area contributed by atoms with E-state index in [1.807, 2.05) is 40.1 Å². The number of rotatable bonds is 6. The maximum absolute atomic E-state index is 11.9. The Labute approximate surface area is 131 Å². The highest BCUT2D eigenvalue weighted by atomic mass is 16.3. The summed E-state index contributed by atoms with van der Waals surface area (Å²) in [6, 6.07) is 7.38. The summed E-state index contributed by atoms with van der Waals surface area (Å²) in [6.45, 7) is 4.49. The lowest BCUT2D eigenvalue weighted by atomic mass is 10.0. The van der Waals surface area contributed by atoms with Gasteiger partial charge in [0.2, 0.25) is 0 Å². The Balaban J connectivity index is 2.57. The minimum atomic E-state index is -0.753. The average Bonchev–Trinajstić information content (AvgIpc) is 2.44. The van der Waals surface area contributed by atoms with E-state index in [2.05, 4.69) is 10.6 Å².